The van der Waals surface area contributed by atoms with Gasteiger partial charge in [0, 0.05) is 13.2 Å². The van der Waals surface area contributed by atoms with Crippen molar-refractivity contribution in [1.82, 2.24) is 0 Å². The molecule has 0 amide bonds. The summed E-state index contributed by atoms with van der Waals surface area (Å²) in [7, 11) is 0. The zero-order valence-corrected chi connectivity index (χ0v) is 9.62. The topological polar surface area (TPSA) is 151 Å². The van der Waals surface area contributed by atoms with Gasteiger partial charge in [-0.15, -0.1) is 13.1 Å². The Balaban J connectivity index is -0.0000000178. The van der Waals surface area contributed by atoms with Crippen LogP contribution in [0.2, 0.25) is 0 Å². The van der Waals surface area contributed by atoms with Crippen molar-refractivity contribution in [3.05, 3.63) is 11.5 Å². The van der Waals surface area contributed by atoms with Crippen LogP contribution in [0.5, 0.6) is 0 Å². The summed E-state index contributed by atoms with van der Waals surface area (Å²) in [6.07, 6.45) is 1.22. The molecule has 0 aromatic carbocycles. The predicted molar refractivity (Wildman–Crippen MR) is 49.0 cm³/mol. The Bertz CT molecular complexity index is 46.8. The maximum atomic E-state index is 7.95. The van der Waals surface area contributed by atoms with Gasteiger partial charge in [-0.1, -0.05) is 0 Å². The van der Waals surface area contributed by atoms with E-state index in [1.54, 1.807) is 0 Å². The van der Waals surface area contributed by atoms with Crippen LogP contribution >= 0.6 is 0 Å². The minimum absolute atomic E-state index is 0. The van der Waals surface area contributed by atoms with E-state index in [4.69, 9.17) is 21.7 Å². The second-order valence-corrected chi connectivity index (χ2v) is 1.65. The quantitative estimate of drug-likeness (QED) is 0.652. The number of hydrogen-bond donors (Lipinski definition) is 2. The Morgan fingerprint density at radius 2 is 0.929 bits per heavy atom. The molecule has 0 aliphatic heterocycles. The number of aliphatic hydroxyl groups is 2. The summed E-state index contributed by atoms with van der Waals surface area (Å²) in [5.41, 5.74) is 12.9. The molecule has 0 saturated heterocycles. The number of hydrogen-bond acceptors (Lipinski definition) is 2. The number of rotatable bonds is 4. The van der Waals surface area contributed by atoms with Crippen LogP contribution in [0.3, 0.4) is 0 Å². The molecule has 0 heterocycles. The van der Waals surface area contributed by atoms with E-state index in [0.29, 0.717) is 25.9 Å². The fourth-order valence-corrected chi connectivity index (χ4v) is 0.158. The maximum Gasteiger partial charge on any atom is 1.00 e. The molecule has 0 spiro atoms. The Labute approximate surface area is 106 Å². The van der Waals surface area contributed by atoms with Crippen molar-refractivity contribution in [2.75, 3.05) is 26.3 Å². The molecule has 0 radical (unpaired) electrons. The van der Waals surface area contributed by atoms with Crippen molar-refractivity contribution in [2.45, 2.75) is 12.8 Å². The third-order valence-corrected chi connectivity index (χ3v) is 0.670. The van der Waals surface area contributed by atoms with Gasteiger partial charge >= 0.3 is 34.1 Å². The summed E-state index contributed by atoms with van der Waals surface area (Å²) < 4.78 is 0. The van der Waals surface area contributed by atoms with Crippen LogP contribution in [0, 0.1) is 0 Å². The summed E-state index contributed by atoms with van der Waals surface area (Å²) in [5.74, 6) is 0. The van der Waals surface area contributed by atoms with E-state index in [9.17, 15) is 0 Å². The monoisotopic (exact) mass is 310 g/mol. The third-order valence-electron chi connectivity index (χ3n) is 0.670. The van der Waals surface area contributed by atoms with Gasteiger partial charge in [-0.3, -0.25) is 0 Å². The van der Waals surface area contributed by atoms with E-state index in [2.05, 4.69) is 0 Å². The minimum Gasteiger partial charge on any atom is -0.677 e. The van der Waals surface area contributed by atoms with Crippen LogP contribution in [0.1, 0.15) is 12.8 Å². The second-order valence-electron chi connectivity index (χ2n) is 1.65. The van der Waals surface area contributed by atoms with Crippen LogP contribution in [-0.4, -0.2) is 47.5 Å². The van der Waals surface area contributed by atoms with Crippen molar-refractivity contribution in [3.63, 3.8) is 0 Å². The van der Waals surface area contributed by atoms with Gasteiger partial charge < -0.3 is 32.6 Å². The van der Waals surface area contributed by atoms with Crippen LogP contribution in [0.4, 0.5) is 0 Å². The Morgan fingerprint density at radius 3 is 0.929 bits per heavy atom. The smallest absolute Gasteiger partial charge is 0.677 e. The van der Waals surface area contributed by atoms with Gasteiger partial charge in [-0.25, -0.2) is 0 Å². The van der Waals surface area contributed by atoms with E-state index in [-0.39, 0.29) is 58.3 Å². The molecule has 8 N–H and O–H groups in total. The van der Waals surface area contributed by atoms with Crippen LogP contribution in [-0.2, 0) is 34.1 Å². The van der Waals surface area contributed by atoms with E-state index >= 15 is 0 Å². The van der Waals surface area contributed by atoms with Gasteiger partial charge in [-0.05, 0) is 12.8 Å². The molecule has 0 bridgehead atoms. The fraction of sp³-hybridized carbons (Fsp3) is 1.00. The molecule has 0 unspecified atom stereocenters. The van der Waals surface area contributed by atoms with Crippen molar-refractivity contribution in [3.8, 4) is 0 Å². The Morgan fingerprint density at radius 1 is 0.714 bits per heavy atom. The van der Waals surface area contributed by atoms with Gasteiger partial charge in [0.05, 0.1) is 0 Å². The molecule has 6 nitrogen and oxygen atoms in total. The largest absolute Gasteiger partial charge is 1.00 e. The van der Waals surface area contributed by atoms with Crippen LogP contribution in [0.25, 0.3) is 11.5 Å². The molecular weight excluding hydrogens is 291 g/mol. The third kappa shape index (κ3) is 77.4. The zero-order chi connectivity index (χ0) is 8.24. The summed E-state index contributed by atoms with van der Waals surface area (Å²) in [6, 6.07) is 0. The molecule has 100 valence electrons. The van der Waals surface area contributed by atoms with Crippen molar-refractivity contribution in [1.29, 1.82) is 0 Å². The van der Waals surface area contributed by atoms with E-state index in [1.807, 2.05) is 0 Å². The molecule has 0 aromatic rings. The molecule has 0 aliphatic rings. The molecule has 0 atom stereocenters. The number of aliphatic hydroxyl groups excluding tert-OH is 2. The van der Waals surface area contributed by atoms with Gasteiger partial charge in [0.15, 0.2) is 0 Å². The average molecular weight is 311 g/mol. The SMILES string of the molecule is O.O.[Cu+].[Cu+].[NH-]CCCO.[NH-]CCCO. The maximum absolute atomic E-state index is 7.95. The molecule has 0 aromatic heterocycles. The summed E-state index contributed by atoms with van der Waals surface area (Å²) in [5, 5.41) is 15.9. The van der Waals surface area contributed by atoms with E-state index in [1.165, 1.54) is 0 Å². The van der Waals surface area contributed by atoms with Crippen LogP contribution in [0.15, 0.2) is 0 Å². The molecule has 0 saturated carbocycles. The molecule has 0 fully saturated rings. The normalized spacial score (nSPS) is 6.00. The van der Waals surface area contributed by atoms with Crippen molar-refractivity contribution < 1.29 is 55.3 Å². The first kappa shape index (κ1) is 36.4. The van der Waals surface area contributed by atoms with E-state index in [0.717, 1.165) is 0 Å². The van der Waals surface area contributed by atoms with Crippen molar-refractivity contribution >= 4 is 0 Å². The summed E-state index contributed by atoms with van der Waals surface area (Å²) in [4.78, 5) is 0. The second kappa shape index (κ2) is 48.9. The average Bonchev–Trinajstić information content (AvgIpc) is 1.93. The minimum atomic E-state index is 0. The zero-order valence-electron chi connectivity index (χ0n) is 7.74. The standard InChI is InChI=1S/2C3H8NO.2Cu.2H2O/c2*4-2-1-3-5;;;;/h2*4-5H,1-3H2;;;2*1H2/q2*-1;2*+1;;. The van der Waals surface area contributed by atoms with Gasteiger partial charge in [0.25, 0.3) is 0 Å². The summed E-state index contributed by atoms with van der Waals surface area (Å²) >= 11 is 0. The van der Waals surface area contributed by atoms with Gasteiger partial charge in [0.1, 0.15) is 0 Å². The van der Waals surface area contributed by atoms with E-state index < -0.39 is 0 Å². The predicted octanol–water partition coefficient (Wildman–Crippen LogP) is -0.812. The van der Waals surface area contributed by atoms with Gasteiger partial charge in [-0.2, -0.15) is 0 Å². The molecule has 0 aliphatic carbocycles. The first-order valence-electron chi connectivity index (χ1n) is 3.34. The Kier molecular flexibility index (Phi) is 127. The molecule has 8 heteroatoms. The number of nitrogens with one attached hydrogen (secondary N) is 2. The van der Waals surface area contributed by atoms with Crippen LogP contribution < -0.4 is 0 Å². The molecular formula is C6H20Cu2N2O4. The Hall–Kier alpha value is 0.799. The molecule has 0 rings (SSSR count). The van der Waals surface area contributed by atoms with Gasteiger partial charge in [0.2, 0.25) is 0 Å². The first-order valence-corrected chi connectivity index (χ1v) is 3.34. The fourth-order valence-electron chi connectivity index (χ4n) is 0.158. The first-order chi connectivity index (χ1) is 4.83. The van der Waals surface area contributed by atoms with Crippen molar-refractivity contribution in [2.24, 2.45) is 0 Å². The summed E-state index contributed by atoms with van der Waals surface area (Å²) in [6.45, 7) is 1.00. The molecule has 14 heavy (non-hydrogen) atoms.